The predicted molar refractivity (Wildman–Crippen MR) is 78.6 cm³/mol. The fraction of sp³-hybridized carbons (Fsp3) is 0.429. The van der Waals surface area contributed by atoms with Crippen LogP contribution in [0, 0.1) is 0 Å². The summed E-state index contributed by atoms with van der Waals surface area (Å²) in [5.74, 6) is 0.764. The Morgan fingerprint density at radius 3 is 2.70 bits per heavy atom. The first-order valence-electron chi connectivity index (χ1n) is 6.17. The van der Waals surface area contributed by atoms with E-state index in [0.717, 1.165) is 17.1 Å². The van der Waals surface area contributed by atoms with Crippen molar-refractivity contribution in [1.29, 1.82) is 0 Å². The first-order chi connectivity index (χ1) is 9.58. The zero-order chi connectivity index (χ0) is 15.0. The van der Waals surface area contributed by atoms with Crippen molar-refractivity contribution in [2.45, 2.75) is 18.2 Å². The van der Waals surface area contributed by atoms with E-state index >= 15 is 0 Å². The molecule has 0 saturated heterocycles. The zero-order valence-electron chi connectivity index (χ0n) is 11.6. The summed E-state index contributed by atoms with van der Waals surface area (Å²) in [5, 5.41) is 0. The summed E-state index contributed by atoms with van der Waals surface area (Å²) >= 11 is 1.65. The maximum atomic E-state index is 11.4. The van der Waals surface area contributed by atoms with Gasteiger partial charge in [0.15, 0.2) is 0 Å². The summed E-state index contributed by atoms with van der Waals surface area (Å²) in [4.78, 5) is 22.5. The average molecular weight is 297 g/mol. The fourth-order valence-electron chi connectivity index (χ4n) is 1.58. The smallest absolute Gasteiger partial charge is 0.337 e. The monoisotopic (exact) mass is 297 g/mol. The van der Waals surface area contributed by atoms with Crippen LogP contribution in [0.5, 0.6) is 0 Å². The molecule has 6 heteroatoms. The molecule has 0 amide bonds. The van der Waals surface area contributed by atoms with Crippen LogP contribution in [0.2, 0.25) is 0 Å². The second kappa shape index (κ2) is 8.60. The van der Waals surface area contributed by atoms with E-state index in [1.165, 1.54) is 14.2 Å². The average Bonchev–Trinajstić information content (AvgIpc) is 2.49. The summed E-state index contributed by atoms with van der Waals surface area (Å²) in [6.45, 7) is 0. The summed E-state index contributed by atoms with van der Waals surface area (Å²) in [6.07, 6.45) is 0.564. The lowest BCUT2D eigenvalue weighted by Crippen LogP contribution is -2.31. The summed E-state index contributed by atoms with van der Waals surface area (Å²) in [6, 6.07) is 6.71. The maximum Gasteiger partial charge on any atom is 0.337 e. The predicted octanol–water partition coefficient (Wildman–Crippen LogP) is 1.60. The lowest BCUT2D eigenvalue weighted by molar-refractivity contribution is -0.142. The molecule has 0 fully saturated rings. The minimum absolute atomic E-state index is 0.343. The molecule has 0 aliphatic heterocycles. The molecule has 1 rings (SSSR count). The molecule has 0 radical (unpaired) electrons. The van der Waals surface area contributed by atoms with Crippen LogP contribution in [0.1, 0.15) is 22.3 Å². The van der Waals surface area contributed by atoms with E-state index in [9.17, 15) is 9.59 Å². The van der Waals surface area contributed by atoms with Crippen LogP contribution in [0.15, 0.2) is 24.3 Å². The molecular weight excluding hydrogens is 278 g/mol. The minimum atomic E-state index is -0.575. The van der Waals surface area contributed by atoms with Crippen molar-refractivity contribution in [3.63, 3.8) is 0 Å². The van der Waals surface area contributed by atoms with Crippen molar-refractivity contribution in [2.24, 2.45) is 5.73 Å². The number of methoxy groups -OCH3 is 2. The van der Waals surface area contributed by atoms with Crippen molar-refractivity contribution < 1.29 is 19.1 Å². The molecule has 0 bridgehead atoms. The molecule has 0 aromatic heterocycles. The SMILES string of the molecule is COC(=O)c1cccc(CSCCC(N)C(=O)OC)c1. The quantitative estimate of drug-likeness (QED) is 0.608. The van der Waals surface area contributed by atoms with Gasteiger partial charge in [-0.15, -0.1) is 0 Å². The Morgan fingerprint density at radius 1 is 1.30 bits per heavy atom. The topological polar surface area (TPSA) is 78.6 Å². The highest BCUT2D eigenvalue weighted by atomic mass is 32.2. The molecular formula is C14H19NO4S. The van der Waals surface area contributed by atoms with Crippen LogP contribution in [0.25, 0.3) is 0 Å². The highest BCUT2D eigenvalue weighted by molar-refractivity contribution is 7.98. The molecule has 1 atom stereocenters. The van der Waals surface area contributed by atoms with E-state index in [4.69, 9.17) is 5.73 Å². The van der Waals surface area contributed by atoms with Crippen molar-refractivity contribution in [2.75, 3.05) is 20.0 Å². The molecule has 1 aromatic carbocycles. The van der Waals surface area contributed by atoms with E-state index < -0.39 is 12.0 Å². The van der Waals surface area contributed by atoms with Gasteiger partial charge in [0, 0.05) is 5.75 Å². The van der Waals surface area contributed by atoms with Gasteiger partial charge in [0.2, 0.25) is 0 Å². The molecule has 5 nitrogen and oxygen atoms in total. The zero-order valence-corrected chi connectivity index (χ0v) is 12.4. The van der Waals surface area contributed by atoms with Crippen LogP contribution in [0.4, 0.5) is 0 Å². The van der Waals surface area contributed by atoms with Crippen LogP contribution >= 0.6 is 11.8 Å². The van der Waals surface area contributed by atoms with E-state index in [-0.39, 0.29) is 5.97 Å². The molecule has 110 valence electrons. The Hall–Kier alpha value is -1.53. The number of nitrogens with two attached hydrogens (primary N) is 1. The molecule has 0 aliphatic rings. The Balaban J connectivity index is 2.39. The highest BCUT2D eigenvalue weighted by Crippen LogP contribution is 2.15. The number of esters is 2. The van der Waals surface area contributed by atoms with Gasteiger partial charge in [0.05, 0.1) is 19.8 Å². The summed E-state index contributed by atoms with van der Waals surface area (Å²) < 4.78 is 9.23. The molecule has 0 spiro atoms. The van der Waals surface area contributed by atoms with E-state index in [0.29, 0.717) is 12.0 Å². The first kappa shape index (κ1) is 16.5. The number of benzene rings is 1. The molecule has 0 heterocycles. The van der Waals surface area contributed by atoms with Crippen LogP contribution in [-0.2, 0) is 20.0 Å². The third-order valence-corrected chi connectivity index (χ3v) is 3.76. The lowest BCUT2D eigenvalue weighted by atomic mass is 10.1. The van der Waals surface area contributed by atoms with E-state index in [2.05, 4.69) is 9.47 Å². The minimum Gasteiger partial charge on any atom is -0.468 e. The molecule has 2 N–H and O–H groups in total. The van der Waals surface area contributed by atoms with Crippen molar-refractivity contribution in [3.05, 3.63) is 35.4 Å². The van der Waals surface area contributed by atoms with Crippen LogP contribution in [0.3, 0.4) is 0 Å². The Bertz CT molecular complexity index is 464. The second-order valence-corrected chi connectivity index (χ2v) is 5.27. The third-order valence-electron chi connectivity index (χ3n) is 2.69. The molecule has 1 unspecified atom stereocenters. The van der Waals surface area contributed by atoms with Gasteiger partial charge in [-0.25, -0.2) is 4.79 Å². The van der Waals surface area contributed by atoms with Gasteiger partial charge >= 0.3 is 11.9 Å². The number of hydrogen-bond donors (Lipinski definition) is 1. The number of ether oxygens (including phenoxy) is 2. The second-order valence-electron chi connectivity index (χ2n) is 4.16. The van der Waals surface area contributed by atoms with Crippen LogP contribution in [-0.4, -0.2) is 38.0 Å². The highest BCUT2D eigenvalue weighted by Gasteiger charge is 2.12. The van der Waals surface area contributed by atoms with Gasteiger partial charge in [-0.2, -0.15) is 11.8 Å². The number of carbonyl (C=O) groups is 2. The summed E-state index contributed by atoms with van der Waals surface area (Å²) in [5.41, 5.74) is 7.21. The van der Waals surface area contributed by atoms with Crippen molar-refractivity contribution in [1.82, 2.24) is 0 Å². The molecule has 20 heavy (non-hydrogen) atoms. The van der Waals surface area contributed by atoms with Gasteiger partial charge in [-0.3, -0.25) is 4.79 Å². The Morgan fingerprint density at radius 2 is 2.05 bits per heavy atom. The van der Waals surface area contributed by atoms with Gasteiger partial charge in [0.1, 0.15) is 6.04 Å². The number of thioether (sulfide) groups is 1. The van der Waals surface area contributed by atoms with E-state index in [1.807, 2.05) is 12.1 Å². The number of rotatable bonds is 7. The van der Waals surface area contributed by atoms with Gasteiger partial charge in [-0.1, -0.05) is 12.1 Å². The van der Waals surface area contributed by atoms with Crippen LogP contribution < -0.4 is 5.73 Å². The molecule has 0 aliphatic carbocycles. The van der Waals surface area contributed by atoms with Crippen molar-refractivity contribution >= 4 is 23.7 Å². The lowest BCUT2D eigenvalue weighted by Gasteiger charge is -2.08. The standard InChI is InChI=1S/C14H19NO4S/c1-18-13(16)11-5-3-4-10(8-11)9-20-7-6-12(15)14(17)19-2/h3-5,8,12H,6-7,9,15H2,1-2H3. The fourth-order valence-corrected chi connectivity index (χ4v) is 2.56. The number of carbonyl (C=O) groups excluding carboxylic acids is 2. The molecule has 0 saturated carbocycles. The molecule has 1 aromatic rings. The number of hydrogen-bond acceptors (Lipinski definition) is 6. The largest absolute Gasteiger partial charge is 0.468 e. The third kappa shape index (κ3) is 5.22. The van der Waals surface area contributed by atoms with Gasteiger partial charge < -0.3 is 15.2 Å². The van der Waals surface area contributed by atoms with Gasteiger partial charge in [0.25, 0.3) is 0 Å². The summed E-state index contributed by atoms with van der Waals surface area (Å²) in [7, 11) is 2.69. The Labute approximate surface area is 122 Å². The normalized spacial score (nSPS) is 11.8. The Kier molecular flexibility index (Phi) is 7.11. The maximum absolute atomic E-state index is 11.4. The van der Waals surface area contributed by atoms with E-state index in [1.54, 1.807) is 23.9 Å². The van der Waals surface area contributed by atoms with Gasteiger partial charge in [-0.05, 0) is 29.9 Å². The first-order valence-corrected chi connectivity index (χ1v) is 7.32. The van der Waals surface area contributed by atoms with Crippen molar-refractivity contribution in [3.8, 4) is 0 Å².